The molecular formula is C8H5F2NS. The number of nitrogen functional groups attached to an aromatic ring is 1. The van der Waals surface area contributed by atoms with Gasteiger partial charge in [0.05, 0.1) is 5.39 Å². The summed E-state index contributed by atoms with van der Waals surface area (Å²) in [6, 6.07) is 2.68. The Morgan fingerprint density at radius 1 is 1.17 bits per heavy atom. The summed E-state index contributed by atoms with van der Waals surface area (Å²) in [6.45, 7) is 0. The Labute approximate surface area is 71.4 Å². The van der Waals surface area contributed by atoms with Crippen molar-refractivity contribution in [2.75, 3.05) is 5.73 Å². The monoisotopic (exact) mass is 185 g/mol. The van der Waals surface area contributed by atoms with Crippen molar-refractivity contribution in [1.29, 1.82) is 0 Å². The van der Waals surface area contributed by atoms with Crippen LogP contribution in [0.1, 0.15) is 0 Å². The molecule has 0 unspecified atom stereocenters. The predicted molar refractivity (Wildman–Crippen MR) is 46.2 cm³/mol. The lowest BCUT2D eigenvalue weighted by molar-refractivity contribution is 0.611. The van der Waals surface area contributed by atoms with E-state index in [2.05, 4.69) is 0 Å². The summed E-state index contributed by atoms with van der Waals surface area (Å²) in [4.78, 5) is 0. The van der Waals surface area contributed by atoms with Gasteiger partial charge in [-0.3, -0.25) is 0 Å². The van der Waals surface area contributed by atoms with E-state index in [-0.39, 0.29) is 5.39 Å². The zero-order valence-electron chi connectivity index (χ0n) is 5.97. The van der Waals surface area contributed by atoms with Gasteiger partial charge < -0.3 is 5.73 Å². The number of anilines is 1. The molecule has 1 aromatic heterocycles. The van der Waals surface area contributed by atoms with Gasteiger partial charge in [-0.05, 0) is 12.1 Å². The van der Waals surface area contributed by atoms with E-state index in [4.69, 9.17) is 5.73 Å². The molecule has 0 aliphatic carbocycles. The van der Waals surface area contributed by atoms with Gasteiger partial charge in [0.25, 0.3) is 0 Å². The van der Waals surface area contributed by atoms with Crippen LogP contribution in [0.25, 0.3) is 10.1 Å². The number of hydrogen-bond donors (Lipinski definition) is 1. The first-order valence-electron chi connectivity index (χ1n) is 3.30. The summed E-state index contributed by atoms with van der Waals surface area (Å²) in [5.74, 6) is -1.11. The average Bonchev–Trinajstić information content (AvgIpc) is 2.31. The first-order chi connectivity index (χ1) is 5.68. The van der Waals surface area contributed by atoms with E-state index in [1.165, 1.54) is 5.38 Å². The number of fused-ring (bicyclic) bond motifs is 1. The van der Waals surface area contributed by atoms with Crippen LogP contribution in [-0.2, 0) is 0 Å². The Kier molecular flexibility index (Phi) is 1.51. The van der Waals surface area contributed by atoms with E-state index in [0.717, 1.165) is 17.4 Å². The van der Waals surface area contributed by atoms with E-state index < -0.39 is 11.6 Å². The van der Waals surface area contributed by atoms with Crippen LogP contribution in [0.5, 0.6) is 0 Å². The zero-order chi connectivity index (χ0) is 8.72. The largest absolute Gasteiger partial charge is 0.399 e. The topological polar surface area (TPSA) is 26.0 Å². The van der Waals surface area contributed by atoms with Crippen molar-refractivity contribution in [2.45, 2.75) is 0 Å². The zero-order valence-corrected chi connectivity index (χ0v) is 6.79. The Hall–Kier alpha value is -1.16. The second-order valence-corrected chi connectivity index (χ2v) is 3.37. The van der Waals surface area contributed by atoms with Gasteiger partial charge in [-0.1, -0.05) is 0 Å². The van der Waals surface area contributed by atoms with Gasteiger partial charge >= 0.3 is 0 Å². The smallest absolute Gasteiger partial charge is 0.144 e. The number of nitrogens with two attached hydrogens (primary N) is 1. The molecule has 1 aromatic carbocycles. The molecule has 0 saturated carbocycles. The SMILES string of the molecule is Nc1cc(F)c2c(F)csc2c1. The van der Waals surface area contributed by atoms with Crippen LogP contribution >= 0.6 is 11.3 Å². The molecule has 0 aliphatic rings. The van der Waals surface area contributed by atoms with Crippen LogP contribution in [-0.4, -0.2) is 0 Å². The molecule has 0 aliphatic heterocycles. The molecule has 0 saturated heterocycles. The molecule has 0 radical (unpaired) electrons. The molecular weight excluding hydrogens is 180 g/mol. The predicted octanol–water partition coefficient (Wildman–Crippen LogP) is 2.76. The Balaban J connectivity index is 2.93. The number of thiophene rings is 1. The normalized spacial score (nSPS) is 10.8. The lowest BCUT2D eigenvalue weighted by Gasteiger charge is -1.95. The first kappa shape index (κ1) is 7.49. The maximum absolute atomic E-state index is 13.0. The van der Waals surface area contributed by atoms with Gasteiger partial charge in [0.15, 0.2) is 0 Å². The van der Waals surface area contributed by atoms with Crippen molar-refractivity contribution in [3.05, 3.63) is 29.1 Å². The Morgan fingerprint density at radius 3 is 2.67 bits per heavy atom. The fourth-order valence-corrected chi connectivity index (χ4v) is 1.97. The fraction of sp³-hybridized carbons (Fsp3) is 0. The molecule has 2 rings (SSSR count). The standard InChI is InChI=1S/C8H5F2NS/c9-5-1-4(11)2-7-8(5)6(10)3-12-7/h1-3H,11H2. The molecule has 0 bridgehead atoms. The van der Waals surface area contributed by atoms with Gasteiger partial charge in [0.2, 0.25) is 0 Å². The Morgan fingerprint density at radius 2 is 1.92 bits per heavy atom. The van der Waals surface area contributed by atoms with Gasteiger partial charge in [0.1, 0.15) is 11.6 Å². The van der Waals surface area contributed by atoms with E-state index in [1.807, 2.05) is 0 Å². The molecule has 62 valence electrons. The van der Waals surface area contributed by atoms with E-state index in [0.29, 0.717) is 10.4 Å². The molecule has 2 N–H and O–H groups in total. The fourth-order valence-electron chi connectivity index (χ4n) is 1.10. The van der Waals surface area contributed by atoms with Crippen molar-refractivity contribution < 1.29 is 8.78 Å². The molecule has 0 amide bonds. The van der Waals surface area contributed by atoms with Crippen molar-refractivity contribution in [2.24, 2.45) is 0 Å². The van der Waals surface area contributed by atoms with Crippen molar-refractivity contribution in [3.63, 3.8) is 0 Å². The van der Waals surface area contributed by atoms with Crippen LogP contribution in [0.15, 0.2) is 17.5 Å². The lowest BCUT2D eigenvalue weighted by atomic mass is 10.2. The maximum Gasteiger partial charge on any atom is 0.144 e. The highest BCUT2D eigenvalue weighted by Crippen LogP contribution is 2.29. The molecule has 12 heavy (non-hydrogen) atoms. The Bertz CT molecular complexity index is 436. The van der Waals surface area contributed by atoms with Gasteiger partial charge in [-0.15, -0.1) is 11.3 Å². The molecule has 0 atom stereocenters. The quantitative estimate of drug-likeness (QED) is 0.627. The third-order valence-electron chi connectivity index (χ3n) is 1.60. The molecule has 1 nitrogen and oxygen atoms in total. The minimum Gasteiger partial charge on any atom is -0.399 e. The average molecular weight is 185 g/mol. The summed E-state index contributed by atoms with van der Waals surface area (Å²) < 4.78 is 26.4. The summed E-state index contributed by atoms with van der Waals surface area (Å²) in [6.07, 6.45) is 0. The number of rotatable bonds is 0. The highest BCUT2D eigenvalue weighted by molar-refractivity contribution is 7.17. The molecule has 2 aromatic rings. The summed E-state index contributed by atoms with van der Waals surface area (Å²) in [7, 11) is 0. The van der Waals surface area contributed by atoms with Crippen molar-refractivity contribution >= 4 is 27.1 Å². The van der Waals surface area contributed by atoms with Crippen LogP contribution in [0.2, 0.25) is 0 Å². The minimum absolute atomic E-state index is 0.0363. The summed E-state index contributed by atoms with van der Waals surface area (Å²) in [5, 5.41) is 1.31. The highest BCUT2D eigenvalue weighted by atomic mass is 32.1. The molecule has 4 heteroatoms. The summed E-state index contributed by atoms with van der Waals surface area (Å²) >= 11 is 1.15. The first-order valence-corrected chi connectivity index (χ1v) is 4.18. The van der Waals surface area contributed by atoms with Crippen LogP contribution in [0, 0.1) is 11.6 Å². The number of halogens is 2. The van der Waals surface area contributed by atoms with Gasteiger partial charge in [0, 0.05) is 15.8 Å². The van der Waals surface area contributed by atoms with E-state index in [1.54, 1.807) is 6.07 Å². The van der Waals surface area contributed by atoms with Gasteiger partial charge in [-0.25, -0.2) is 8.78 Å². The molecule has 1 heterocycles. The maximum atomic E-state index is 13.0. The number of hydrogen-bond acceptors (Lipinski definition) is 2. The van der Waals surface area contributed by atoms with Crippen LogP contribution in [0.3, 0.4) is 0 Å². The van der Waals surface area contributed by atoms with Crippen LogP contribution in [0.4, 0.5) is 14.5 Å². The molecule has 0 spiro atoms. The summed E-state index contributed by atoms with van der Waals surface area (Å²) in [5.41, 5.74) is 5.70. The minimum atomic E-state index is -0.594. The van der Waals surface area contributed by atoms with Gasteiger partial charge in [-0.2, -0.15) is 0 Å². The second kappa shape index (κ2) is 2.42. The highest BCUT2D eigenvalue weighted by Gasteiger charge is 2.09. The molecule has 0 fully saturated rings. The third kappa shape index (κ3) is 0.956. The van der Waals surface area contributed by atoms with E-state index >= 15 is 0 Å². The van der Waals surface area contributed by atoms with Crippen molar-refractivity contribution in [3.8, 4) is 0 Å². The van der Waals surface area contributed by atoms with E-state index in [9.17, 15) is 8.78 Å². The lowest BCUT2D eigenvalue weighted by Crippen LogP contribution is -1.86. The number of benzene rings is 1. The second-order valence-electron chi connectivity index (χ2n) is 2.46. The van der Waals surface area contributed by atoms with Crippen LogP contribution < -0.4 is 5.73 Å². The third-order valence-corrected chi connectivity index (χ3v) is 2.51. The van der Waals surface area contributed by atoms with Crippen molar-refractivity contribution in [1.82, 2.24) is 0 Å².